The maximum atomic E-state index is 13.4. The Morgan fingerprint density at radius 3 is 2.35 bits per heavy atom. The molecule has 0 fully saturated rings. The molecule has 1 aromatic heterocycles. The Bertz CT molecular complexity index is 773. The van der Waals surface area contributed by atoms with Crippen molar-refractivity contribution in [3.8, 4) is 5.75 Å². The summed E-state index contributed by atoms with van der Waals surface area (Å²) < 4.78 is 21.0. The van der Waals surface area contributed by atoms with E-state index in [4.69, 9.17) is 4.74 Å². The first-order valence-electron chi connectivity index (χ1n) is 7.57. The lowest BCUT2D eigenvalue weighted by atomic mass is 10.0. The molecule has 0 aliphatic heterocycles. The Labute approximate surface area is 135 Å². The summed E-state index contributed by atoms with van der Waals surface area (Å²) in [4.78, 5) is 17.0. The van der Waals surface area contributed by atoms with E-state index in [1.54, 1.807) is 23.6 Å². The summed E-state index contributed by atoms with van der Waals surface area (Å²) in [7, 11) is 0. The van der Waals surface area contributed by atoms with Crippen LogP contribution in [0.5, 0.6) is 5.75 Å². The number of aryl methyl sites for hydroxylation is 1. The summed E-state index contributed by atoms with van der Waals surface area (Å²) in [6, 6.07) is 7.45. The minimum atomic E-state index is -0.897. The highest BCUT2D eigenvalue weighted by Gasteiger charge is 2.32. The Morgan fingerprint density at radius 1 is 1.13 bits per heavy atom. The molecule has 0 unspecified atom stereocenters. The van der Waals surface area contributed by atoms with Crippen molar-refractivity contribution in [1.82, 2.24) is 9.55 Å². The van der Waals surface area contributed by atoms with Gasteiger partial charge in [-0.05, 0) is 53.7 Å². The standard InChI is InChI=1S/C18H23FN2O2/c1-12-10-15(22)21(17(2,3)4)16(20-12)18(5,6)23-14-9-7-8-13(19)11-14/h7-11H,1-6H3. The van der Waals surface area contributed by atoms with Crippen molar-refractivity contribution in [3.05, 3.63) is 58.0 Å². The molecule has 0 saturated carbocycles. The molecule has 0 saturated heterocycles. The fourth-order valence-corrected chi connectivity index (χ4v) is 2.52. The van der Waals surface area contributed by atoms with Crippen molar-refractivity contribution in [2.24, 2.45) is 0 Å². The Kier molecular flexibility index (Phi) is 4.33. The molecule has 0 bridgehead atoms. The molecule has 124 valence electrons. The van der Waals surface area contributed by atoms with Gasteiger partial charge in [-0.3, -0.25) is 9.36 Å². The molecule has 0 spiro atoms. The highest BCUT2D eigenvalue weighted by molar-refractivity contribution is 5.24. The van der Waals surface area contributed by atoms with Crippen LogP contribution >= 0.6 is 0 Å². The van der Waals surface area contributed by atoms with Gasteiger partial charge in [-0.1, -0.05) is 6.07 Å². The molecule has 5 heteroatoms. The molecule has 23 heavy (non-hydrogen) atoms. The quantitative estimate of drug-likeness (QED) is 0.865. The second-order valence-corrected chi connectivity index (χ2v) is 7.14. The van der Waals surface area contributed by atoms with Crippen molar-refractivity contribution in [2.75, 3.05) is 0 Å². The molecule has 1 aromatic carbocycles. The van der Waals surface area contributed by atoms with Crippen LogP contribution in [0.4, 0.5) is 4.39 Å². The normalized spacial score (nSPS) is 12.3. The fourth-order valence-electron chi connectivity index (χ4n) is 2.52. The van der Waals surface area contributed by atoms with Gasteiger partial charge in [0.05, 0.1) is 0 Å². The number of nitrogens with zero attached hydrogens (tertiary/aromatic N) is 2. The van der Waals surface area contributed by atoms with E-state index >= 15 is 0 Å². The van der Waals surface area contributed by atoms with Crippen molar-refractivity contribution in [1.29, 1.82) is 0 Å². The monoisotopic (exact) mass is 318 g/mol. The van der Waals surface area contributed by atoms with Gasteiger partial charge in [0, 0.05) is 23.4 Å². The number of benzene rings is 1. The van der Waals surface area contributed by atoms with Crippen molar-refractivity contribution >= 4 is 0 Å². The lowest BCUT2D eigenvalue weighted by molar-refractivity contribution is 0.0850. The summed E-state index contributed by atoms with van der Waals surface area (Å²) in [5.41, 5.74) is -0.848. The third-order valence-corrected chi connectivity index (χ3v) is 3.43. The Balaban J connectivity index is 2.57. The van der Waals surface area contributed by atoms with Crippen LogP contribution in [0.3, 0.4) is 0 Å². The second-order valence-electron chi connectivity index (χ2n) is 7.14. The van der Waals surface area contributed by atoms with Crippen LogP contribution < -0.4 is 10.3 Å². The van der Waals surface area contributed by atoms with Gasteiger partial charge >= 0.3 is 0 Å². The van der Waals surface area contributed by atoms with E-state index in [0.29, 0.717) is 17.3 Å². The molecular formula is C18H23FN2O2. The summed E-state index contributed by atoms with van der Waals surface area (Å²) >= 11 is 0. The lowest BCUT2D eigenvalue weighted by Crippen LogP contribution is -2.43. The molecule has 0 N–H and O–H groups in total. The Hall–Kier alpha value is -2.17. The average Bonchev–Trinajstić information content (AvgIpc) is 2.35. The van der Waals surface area contributed by atoms with Crippen LogP contribution in [0.2, 0.25) is 0 Å². The summed E-state index contributed by atoms with van der Waals surface area (Å²) in [6.45, 7) is 11.2. The van der Waals surface area contributed by atoms with Gasteiger partial charge in [0.15, 0.2) is 11.4 Å². The topological polar surface area (TPSA) is 44.1 Å². The molecule has 2 aromatic rings. The predicted molar refractivity (Wildman–Crippen MR) is 88.3 cm³/mol. The Morgan fingerprint density at radius 2 is 1.78 bits per heavy atom. The van der Waals surface area contributed by atoms with E-state index in [-0.39, 0.29) is 11.4 Å². The van der Waals surface area contributed by atoms with Gasteiger partial charge in [0.2, 0.25) is 0 Å². The van der Waals surface area contributed by atoms with Gasteiger partial charge in [-0.15, -0.1) is 0 Å². The minimum absolute atomic E-state index is 0.129. The minimum Gasteiger partial charge on any atom is -0.480 e. The molecule has 2 rings (SSSR count). The first-order valence-corrected chi connectivity index (χ1v) is 7.57. The van der Waals surface area contributed by atoms with Gasteiger partial charge in [-0.2, -0.15) is 0 Å². The molecule has 0 aliphatic rings. The average molecular weight is 318 g/mol. The second kappa shape index (κ2) is 5.80. The fraction of sp³-hybridized carbons (Fsp3) is 0.444. The molecule has 0 radical (unpaired) electrons. The van der Waals surface area contributed by atoms with Gasteiger partial charge in [-0.25, -0.2) is 9.37 Å². The molecule has 1 heterocycles. The van der Waals surface area contributed by atoms with Crippen molar-refractivity contribution < 1.29 is 9.13 Å². The number of ether oxygens (including phenoxy) is 1. The third-order valence-electron chi connectivity index (χ3n) is 3.43. The zero-order chi connectivity index (χ0) is 17.4. The summed E-state index contributed by atoms with van der Waals surface area (Å²) in [5.74, 6) is 0.536. The maximum absolute atomic E-state index is 13.4. The van der Waals surface area contributed by atoms with Crippen LogP contribution in [0, 0.1) is 12.7 Å². The molecular weight excluding hydrogens is 295 g/mol. The van der Waals surface area contributed by atoms with E-state index < -0.39 is 11.1 Å². The van der Waals surface area contributed by atoms with Gasteiger partial charge < -0.3 is 4.74 Å². The highest BCUT2D eigenvalue weighted by Crippen LogP contribution is 2.29. The van der Waals surface area contributed by atoms with E-state index in [1.165, 1.54) is 18.2 Å². The van der Waals surface area contributed by atoms with Crippen LogP contribution in [-0.2, 0) is 11.1 Å². The third kappa shape index (κ3) is 3.78. The molecule has 4 nitrogen and oxygen atoms in total. The zero-order valence-corrected chi connectivity index (χ0v) is 14.5. The first-order chi connectivity index (χ1) is 10.5. The number of halogens is 1. The predicted octanol–water partition coefficient (Wildman–Crippen LogP) is 3.76. The van der Waals surface area contributed by atoms with E-state index in [1.807, 2.05) is 34.6 Å². The van der Waals surface area contributed by atoms with E-state index in [0.717, 1.165) is 0 Å². The molecule has 0 atom stereocenters. The maximum Gasteiger partial charge on any atom is 0.254 e. The molecule has 0 amide bonds. The SMILES string of the molecule is Cc1cc(=O)n(C(C)(C)C)c(C(C)(C)Oc2cccc(F)c2)n1. The van der Waals surface area contributed by atoms with Crippen LogP contribution in [0.25, 0.3) is 0 Å². The number of aromatic nitrogens is 2. The van der Waals surface area contributed by atoms with E-state index in [2.05, 4.69) is 4.98 Å². The first kappa shape index (κ1) is 17.2. The number of hydrogen-bond donors (Lipinski definition) is 0. The smallest absolute Gasteiger partial charge is 0.254 e. The zero-order valence-electron chi connectivity index (χ0n) is 14.5. The van der Waals surface area contributed by atoms with Crippen molar-refractivity contribution in [2.45, 2.75) is 52.7 Å². The van der Waals surface area contributed by atoms with Gasteiger partial charge in [0.25, 0.3) is 5.56 Å². The summed E-state index contributed by atoms with van der Waals surface area (Å²) in [5, 5.41) is 0. The number of hydrogen-bond acceptors (Lipinski definition) is 3. The summed E-state index contributed by atoms with van der Waals surface area (Å²) in [6.07, 6.45) is 0. The van der Waals surface area contributed by atoms with Crippen LogP contribution in [-0.4, -0.2) is 9.55 Å². The number of rotatable bonds is 3. The lowest BCUT2D eigenvalue weighted by Gasteiger charge is -2.33. The van der Waals surface area contributed by atoms with Crippen LogP contribution in [0.15, 0.2) is 35.1 Å². The van der Waals surface area contributed by atoms with Crippen molar-refractivity contribution in [3.63, 3.8) is 0 Å². The van der Waals surface area contributed by atoms with E-state index in [9.17, 15) is 9.18 Å². The largest absolute Gasteiger partial charge is 0.480 e. The highest BCUT2D eigenvalue weighted by atomic mass is 19.1. The molecule has 0 aliphatic carbocycles. The van der Waals surface area contributed by atoms with Crippen LogP contribution in [0.1, 0.15) is 46.1 Å². The van der Waals surface area contributed by atoms with Gasteiger partial charge in [0.1, 0.15) is 11.6 Å².